The van der Waals surface area contributed by atoms with Gasteiger partial charge in [0.25, 0.3) is 0 Å². The maximum Gasteiger partial charge on any atom is 0.416 e. The lowest BCUT2D eigenvalue weighted by Crippen LogP contribution is -2.45. The smallest absolute Gasteiger partial charge is 0.416 e. The lowest BCUT2D eigenvalue weighted by molar-refractivity contribution is -0.145. The standard InChI is InChI=1S/C15H17BrF3NO2/c1-9-12(14(21)22)3-2-6-20(9)8-10-7-11(15(17,18)19)4-5-13(10)16/h4-5,7,9,12H,2-3,6,8H2,1H3,(H,21,22)/t9-,12-/m1/s1. The maximum atomic E-state index is 12.8. The van der Waals surface area contributed by atoms with E-state index in [1.54, 1.807) is 0 Å². The van der Waals surface area contributed by atoms with Crippen LogP contribution in [0.2, 0.25) is 0 Å². The number of carboxylic acids is 1. The van der Waals surface area contributed by atoms with Crippen LogP contribution >= 0.6 is 15.9 Å². The highest BCUT2D eigenvalue weighted by Gasteiger charge is 2.34. The van der Waals surface area contributed by atoms with Gasteiger partial charge in [0.1, 0.15) is 0 Å². The molecule has 1 aromatic rings. The van der Waals surface area contributed by atoms with Gasteiger partial charge >= 0.3 is 12.1 Å². The second-order valence-corrected chi connectivity index (χ2v) is 6.46. The summed E-state index contributed by atoms with van der Waals surface area (Å²) in [4.78, 5) is 13.2. The van der Waals surface area contributed by atoms with Crippen molar-refractivity contribution in [1.82, 2.24) is 4.90 Å². The molecule has 0 saturated carbocycles. The number of carboxylic acid groups (broad SMARTS) is 1. The van der Waals surface area contributed by atoms with Gasteiger partial charge in [0.2, 0.25) is 0 Å². The molecule has 0 amide bonds. The second kappa shape index (κ2) is 6.58. The average Bonchev–Trinajstić information content (AvgIpc) is 2.41. The van der Waals surface area contributed by atoms with Crippen molar-refractivity contribution in [2.24, 2.45) is 5.92 Å². The van der Waals surface area contributed by atoms with Crippen LogP contribution in [0.4, 0.5) is 13.2 Å². The first-order valence-electron chi connectivity index (χ1n) is 7.02. The summed E-state index contributed by atoms with van der Waals surface area (Å²) >= 11 is 3.28. The fraction of sp³-hybridized carbons (Fsp3) is 0.533. The van der Waals surface area contributed by atoms with Crippen molar-refractivity contribution in [2.45, 2.75) is 38.5 Å². The molecule has 1 aliphatic heterocycles. The number of carbonyl (C=O) groups is 1. The summed E-state index contributed by atoms with van der Waals surface area (Å²) in [7, 11) is 0. The van der Waals surface area contributed by atoms with Crippen LogP contribution in [0.15, 0.2) is 22.7 Å². The summed E-state index contributed by atoms with van der Waals surface area (Å²) < 4.78 is 39.1. The Morgan fingerprint density at radius 1 is 1.45 bits per heavy atom. The Kier molecular flexibility index (Phi) is 5.17. The normalized spacial score (nSPS) is 23.5. The van der Waals surface area contributed by atoms with Crippen LogP contribution in [0.3, 0.4) is 0 Å². The first kappa shape index (κ1) is 17.3. The summed E-state index contributed by atoms with van der Waals surface area (Å²) in [6, 6.07) is 3.35. The number of halogens is 4. The molecule has 1 fully saturated rings. The van der Waals surface area contributed by atoms with Crippen molar-refractivity contribution in [3.63, 3.8) is 0 Å². The molecule has 1 N–H and O–H groups in total. The maximum absolute atomic E-state index is 12.8. The van der Waals surface area contributed by atoms with Gasteiger partial charge in [0.15, 0.2) is 0 Å². The predicted octanol–water partition coefficient (Wildman–Crippen LogP) is 4.15. The monoisotopic (exact) mass is 379 g/mol. The molecular weight excluding hydrogens is 363 g/mol. The van der Waals surface area contributed by atoms with E-state index in [1.165, 1.54) is 6.07 Å². The van der Waals surface area contributed by atoms with Crippen molar-refractivity contribution in [3.05, 3.63) is 33.8 Å². The van der Waals surface area contributed by atoms with Gasteiger partial charge in [0.05, 0.1) is 11.5 Å². The average molecular weight is 380 g/mol. The molecule has 122 valence electrons. The number of nitrogens with zero attached hydrogens (tertiary/aromatic N) is 1. The van der Waals surface area contributed by atoms with Crippen molar-refractivity contribution >= 4 is 21.9 Å². The van der Waals surface area contributed by atoms with Gasteiger partial charge in [-0.1, -0.05) is 15.9 Å². The highest BCUT2D eigenvalue weighted by molar-refractivity contribution is 9.10. The number of piperidine rings is 1. The molecule has 0 bridgehead atoms. The summed E-state index contributed by atoms with van der Waals surface area (Å²) in [5.74, 6) is -1.32. The molecule has 0 radical (unpaired) electrons. The Morgan fingerprint density at radius 3 is 2.73 bits per heavy atom. The second-order valence-electron chi connectivity index (χ2n) is 5.60. The summed E-state index contributed by atoms with van der Waals surface area (Å²) in [6.07, 6.45) is -3.04. The highest BCUT2D eigenvalue weighted by atomic mass is 79.9. The van der Waals surface area contributed by atoms with E-state index in [0.717, 1.165) is 18.6 Å². The van der Waals surface area contributed by atoms with E-state index >= 15 is 0 Å². The molecule has 3 nitrogen and oxygen atoms in total. The molecule has 2 rings (SSSR count). The third-order valence-corrected chi connectivity index (χ3v) is 4.96. The van der Waals surface area contributed by atoms with Crippen LogP contribution in [0.5, 0.6) is 0 Å². The van der Waals surface area contributed by atoms with Gasteiger partial charge in [-0.05, 0) is 50.1 Å². The zero-order chi connectivity index (χ0) is 16.5. The Morgan fingerprint density at radius 2 is 2.14 bits per heavy atom. The summed E-state index contributed by atoms with van der Waals surface area (Å²) in [5.41, 5.74) is -0.169. The zero-order valence-corrected chi connectivity index (χ0v) is 13.6. The van der Waals surface area contributed by atoms with E-state index in [0.29, 0.717) is 29.5 Å². The van der Waals surface area contributed by atoms with Crippen molar-refractivity contribution in [1.29, 1.82) is 0 Å². The fourth-order valence-electron chi connectivity index (χ4n) is 2.86. The predicted molar refractivity (Wildman–Crippen MR) is 79.4 cm³/mol. The van der Waals surface area contributed by atoms with Gasteiger partial charge in [-0.3, -0.25) is 9.69 Å². The minimum absolute atomic E-state index is 0.201. The van der Waals surface area contributed by atoms with Crippen LogP contribution in [-0.4, -0.2) is 28.6 Å². The van der Waals surface area contributed by atoms with Gasteiger partial charge in [-0.15, -0.1) is 0 Å². The molecule has 22 heavy (non-hydrogen) atoms. The van der Waals surface area contributed by atoms with E-state index in [-0.39, 0.29) is 6.04 Å². The topological polar surface area (TPSA) is 40.5 Å². The molecule has 0 aromatic heterocycles. The van der Waals surface area contributed by atoms with E-state index in [9.17, 15) is 23.1 Å². The van der Waals surface area contributed by atoms with Gasteiger partial charge in [-0.25, -0.2) is 0 Å². The van der Waals surface area contributed by atoms with Gasteiger partial charge in [-0.2, -0.15) is 13.2 Å². The van der Waals surface area contributed by atoms with Crippen LogP contribution in [-0.2, 0) is 17.5 Å². The molecule has 1 heterocycles. The van der Waals surface area contributed by atoms with Gasteiger partial charge < -0.3 is 5.11 Å². The molecule has 1 saturated heterocycles. The molecular formula is C15H17BrF3NO2. The van der Waals surface area contributed by atoms with Crippen molar-refractivity contribution in [3.8, 4) is 0 Å². The first-order chi connectivity index (χ1) is 10.2. The molecule has 0 aliphatic carbocycles. The summed E-state index contributed by atoms with van der Waals surface area (Å²) in [6.45, 7) is 2.81. The van der Waals surface area contributed by atoms with Crippen LogP contribution in [0.1, 0.15) is 30.9 Å². The Balaban J connectivity index is 2.21. The van der Waals surface area contributed by atoms with E-state index in [4.69, 9.17) is 0 Å². The van der Waals surface area contributed by atoms with Crippen LogP contribution in [0, 0.1) is 5.92 Å². The number of alkyl halides is 3. The Bertz CT molecular complexity index is 562. The molecule has 0 unspecified atom stereocenters. The number of likely N-dealkylation sites (tertiary alicyclic amines) is 1. The number of benzene rings is 1. The number of hydrogen-bond donors (Lipinski definition) is 1. The Hall–Kier alpha value is -1.08. The highest BCUT2D eigenvalue weighted by Crippen LogP contribution is 2.33. The third-order valence-electron chi connectivity index (χ3n) is 4.18. The third kappa shape index (κ3) is 3.81. The van der Waals surface area contributed by atoms with Gasteiger partial charge in [0, 0.05) is 17.1 Å². The summed E-state index contributed by atoms with van der Waals surface area (Å²) in [5, 5.41) is 9.21. The van der Waals surface area contributed by atoms with E-state index in [1.807, 2.05) is 11.8 Å². The molecule has 7 heteroatoms. The minimum Gasteiger partial charge on any atom is -0.481 e. The molecule has 1 aliphatic rings. The number of hydrogen-bond acceptors (Lipinski definition) is 2. The fourth-order valence-corrected chi connectivity index (χ4v) is 3.23. The van der Waals surface area contributed by atoms with Crippen molar-refractivity contribution < 1.29 is 23.1 Å². The lowest BCUT2D eigenvalue weighted by atomic mass is 9.90. The minimum atomic E-state index is -4.38. The van der Waals surface area contributed by atoms with Crippen molar-refractivity contribution in [2.75, 3.05) is 6.54 Å². The molecule has 1 aromatic carbocycles. The first-order valence-corrected chi connectivity index (χ1v) is 7.82. The lowest BCUT2D eigenvalue weighted by Gasteiger charge is -2.37. The quantitative estimate of drug-likeness (QED) is 0.857. The Labute approximate surface area is 135 Å². The zero-order valence-electron chi connectivity index (χ0n) is 12.0. The SMILES string of the molecule is C[C@@H]1[C@H](C(=O)O)CCCN1Cc1cc(C(F)(F)F)ccc1Br. The van der Waals surface area contributed by atoms with Crippen LogP contribution < -0.4 is 0 Å². The van der Waals surface area contributed by atoms with E-state index in [2.05, 4.69) is 15.9 Å². The number of rotatable bonds is 3. The molecule has 2 atom stereocenters. The number of aliphatic carboxylic acids is 1. The van der Waals surface area contributed by atoms with E-state index < -0.39 is 23.6 Å². The molecule has 0 spiro atoms. The van der Waals surface area contributed by atoms with Crippen LogP contribution in [0.25, 0.3) is 0 Å². The largest absolute Gasteiger partial charge is 0.481 e.